The maximum atomic E-state index is 12.0. The lowest BCUT2D eigenvalue weighted by atomic mass is 10.1. The fourth-order valence-corrected chi connectivity index (χ4v) is 2.18. The monoisotopic (exact) mass is 393 g/mol. The summed E-state index contributed by atoms with van der Waals surface area (Å²) in [5.74, 6) is 0.348. The molecule has 0 atom stereocenters. The van der Waals surface area contributed by atoms with E-state index in [2.05, 4.69) is 34.8 Å². The van der Waals surface area contributed by atoms with Crippen LogP contribution in [-0.2, 0) is 11.3 Å². The van der Waals surface area contributed by atoms with Gasteiger partial charge in [-0.15, -0.1) is 0 Å². The van der Waals surface area contributed by atoms with Crippen molar-refractivity contribution in [3.8, 4) is 5.75 Å². The first kappa shape index (κ1) is 18.3. The first-order valence-corrected chi connectivity index (χ1v) is 8.52. The Labute approximate surface area is 149 Å². The molecule has 5 nitrogen and oxygen atoms in total. The lowest BCUT2D eigenvalue weighted by molar-refractivity contribution is 0.0467. The molecule has 0 bridgehead atoms. The number of esters is 1. The van der Waals surface area contributed by atoms with E-state index in [0.717, 1.165) is 10.9 Å². The average molecular weight is 394 g/mol. The first-order chi connectivity index (χ1) is 11.5. The molecule has 24 heavy (non-hydrogen) atoms. The Kier molecular flexibility index (Phi) is 6.61. The number of nitrogens with one attached hydrogen (secondary N) is 1. The number of carbonyl (C=O) groups is 1. The Morgan fingerprint density at radius 1 is 1.25 bits per heavy atom. The minimum absolute atomic E-state index is 0.00356. The molecule has 0 aliphatic rings. The van der Waals surface area contributed by atoms with Gasteiger partial charge in [0.15, 0.2) is 5.75 Å². The third-order valence-electron chi connectivity index (χ3n) is 3.33. The molecule has 1 heterocycles. The van der Waals surface area contributed by atoms with Crippen molar-refractivity contribution < 1.29 is 14.3 Å². The molecule has 0 amide bonds. The summed E-state index contributed by atoms with van der Waals surface area (Å²) in [5, 5.41) is 0. The molecule has 0 saturated heterocycles. The van der Waals surface area contributed by atoms with E-state index >= 15 is 0 Å². The Bertz CT molecular complexity index is 737. The van der Waals surface area contributed by atoms with Gasteiger partial charge in [0.25, 0.3) is 0 Å². The van der Waals surface area contributed by atoms with Gasteiger partial charge >= 0.3 is 5.97 Å². The van der Waals surface area contributed by atoms with Crippen LogP contribution in [0.1, 0.15) is 36.3 Å². The molecule has 0 aliphatic carbocycles. The molecular weight excluding hydrogens is 374 g/mol. The lowest BCUT2D eigenvalue weighted by Gasteiger charge is -2.09. The van der Waals surface area contributed by atoms with Crippen LogP contribution >= 0.6 is 15.9 Å². The maximum Gasteiger partial charge on any atom is 0.338 e. The number of aromatic nitrogens is 1. The summed E-state index contributed by atoms with van der Waals surface area (Å²) in [5.41, 5.74) is 0.739. The molecule has 0 saturated carbocycles. The van der Waals surface area contributed by atoms with E-state index < -0.39 is 5.97 Å². The minimum Gasteiger partial charge on any atom is -0.488 e. The summed E-state index contributed by atoms with van der Waals surface area (Å²) in [6.45, 7) is 4.68. The van der Waals surface area contributed by atoms with Gasteiger partial charge in [-0.1, -0.05) is 29.8 Å². The van der Waals surface area contributed by atoms with E-state index in [0.29, 0.717) is 23.8 Å². The molecule has 0 aliphatic heterocycles. The van der Waals surface area contributed by atoms with E-state index in [1.165, 1.54) is 12.3 Å². The van der Waals surface area contributed by atoms with Crippen molar-refractivity contribution in [3.63, 3.8) is 0 Å². The lowest BCUT2D eigenvalue weighted by Crippen LogP contribution is -2.13. The Balaban J connectivity index is 1.91. The molecule has 1 aromatic carbocycles. The van der Waals surface area contributed by atoms with Crippen LogP contribution in [0.3, 0.4) is 0 Å². The second-order valence-electron chi connectivity index (χ2n) is 5.80. The zero-order valence-electron chi connectivity index (χ0n) is 13.7. The fraction of sp³-hybridized carbons (Fsp3) is 0.333. The Hall–Kier alpha value is -2.08. The number of H-pyrrole nitrogens is 1. The average Bonchev–Trinajstić information content (AvgIpc) is 2.55. The smallest absolute Gasteiger partial charge is 0.338 e. The number of ether oxygens (including phenoxy) is 2. The van der Waals surface area contributed by atoms with Crippen LogP contribution < -0.4 is 10.2 Å². The van der Waals surface area contributed by atoms with Gasteiger partial charge in [-0.05, 0) is 36.6 Å². The molecular formula is C18H20BrNO4. The van der Waals surface area contributed by atoms with Gasteiger partial charge in [0.05, 0.1) is 17.9 Å². The zero-order valence-corrected chi connectivity index (χ0v) is 15.3. The number of rotatable bonds is 7. The minimum atomic E-state index is -0.444. The summed E-state index contributed by atoms with van der Waals surface area (Å²) >= 11 is 3.31. The molecule has 1 N–H and O–H groups in total. The third-order valence-corrected chi connectivity index (χ3v) is 3.86. The van der Waals surface area contributed by atoms with Gasteiger partial charge in [0.1, 0.15) is 6.61 Å². The van der Waals surface area contributed by atoms with E-state index in [4.69, 9.17) is 9.47 Å². The molecule has 0 unspecified atom stereocenters. The number of carbonyl (C=O) groups excluding carboxylic acids is 1. The van der Waals surface area contributed by atoms with E-state index in [-0.39, 0.29) is 17.8 Å². The highest BCUT2D eigenvalue weighted by Crippen LogP contribution is 2.12. The van der Waals surface area contributed by atoms with Gasteiger partial charge in [0.2, 0.25) is 5.43 Å². The number of benzene rings is 1. The van der Waals surface area contributed by atoms with Gasteiger partial charge in [-0.25, -0.2) is 4.79 Å². The summed E-state index contributed by atoms with van der Waals surface area (Å²) in [6, 6.07) is 8.25. The molecule has 0 spiro atoms. The van der Waals surface area contributed by atoms with Crippen molar-refractivity contribution in [1.29, 1.82) is 0 Å². The van der Waals surface area contributed by atoms with Gasteiger partial charge in [-0.3, -0.25) is 4.79 Å². The molecule has 128 valence electrons. The summed E-state index contributed by atoms with van der Waals surface area (Å²) in [6.07, 6.45) is 2.39. The number of pyridine rings is 1. The molecule has 0 radical (unpaired) electrons. The van der Waals surface area contributed by atoms with Gasteiger partial charge in [0, 0.05) is 16.7 Å². The third kappa shape index (κ3) is 5.53. The second kappa shape index (κ2) is 8.68. The van der Waals surface area contributed by atoms with E-state index in [9.17, 15) is 9.59 Å². The van der Waals surface area contributed by atoms with E-state index in [1.54, 1.807) is 24.3 Å². The molecule has 6 heteroatoms. The highest BCUT2D eigenvalue weighted by Gasteiger charge is 2.09. The second-order valence-corrected chi connectivity index (χ2v) is 6.72. The number of hydrogen-bond acceptors (Lipinski definition) is 4. The number of aromatic amines is 1. The van der Waals surface area contributed by atoms with Crippen molar-refractivity contribution in [2.45, 2.75) is 26.9 Å². The van der Waals surface area contributed by atoms with Crippen LogP contribution in [0.4, 0.5) is 0 Å². The van der Waals surface area contributed by atoms with Gasteiger partial charge in [-0.2, -0.15) is 0 Å². The predicted molar refractivity (Wildman–Crippen MR) is 95.3 cm³/mol. The summed E-state index contributed by atoms with van der Waals surface area (Å²) in [4.78, 5) is 26.8. The summed E-state index contributed by atoms with van der Waals surface area (Å²) in [7, 11) is 0. The quantitative estimate of drug-likeness (QED) is 0.723. The number of halogens is 1. The highest BCUT2D eigenvalue weighted by atomic mass is 79.9. The van der Waals surface area contributed by atoms with Crippen LogP contribution in [-0.4, -0.2) is 17.6 Å². The first-order valence-electron chi connectivity index (χ1n) is 7.73. The Morgan fingerprint density at radius 2 is 1.96 bits per heavy atom. The topological polar surface area (TPSA) is 68.4 Å². The standard InChI is InChI=1S/C18H20BrNO4/c1-12(2)7-8-23-17-10-20-15(9-16(17)21)11-24-18(22)13-3-5-14(19)6-4-13/h3-6,9-10,12H,7-8,11H2,1-2H3,(H,20,21). The van der Waals surface area contributed by atoms with Crippen LogP contribution in [0.15, 0.2) is 45.8 Å². The fourth-order valence-electron chi connectivity index (χ4n) is 1.91. The van der Waals surface area contributed by atoms with Crippen molar-refractivity contribution in [3.05, 3.63) is 62.5 Å². The van der Waals surface area contributed by atoms with Gasteiger partial charge < -0.3 is 14.5 Å². The van der Waals surface area contributed by atoms with Crippen LogP contribution in [0.25, 0.3) is 0 Å². The molecule has 1 aromatic heterocycles. The largest absolute Gasteiger partial charge is 0.488 e. The molecule has 2 rings (SSSR count). The number of hydrogen-bond donors (Lipinski definition) is 1. The van der Waals surface area contributed by atoms with Crippen molar-refractivity contribution >= 4 is 21.9 Å². The van der Waals surface area contributed by atoms with Crippen LogP contribution in [0.2, 0.25) is 0 Å². The molecule has 2 aromatic rings. The predicted octanol–water partition coefficient (Wildman–Crippen LogP) is 3.92. The maximum absolute atomic E-state index is 12.0. The van der Waals surface area contributed by atoms with Crippen molar-refractivity contribution in [1.82, 2.24) is 4.98 Å². The highest BCUT2D eigenvalue weighted by molar-refractivity contribution is 9.10. The van der Waals surface area contributed by atoms with E-state index in [1.807, 2.05) is 0 Å². The van der Waals surface area contributed by atoms with Crippen molar-refractivity contribution in [2.75, 3.05) is 6.61 Å². The van der Waals surface area contributed by atoms with Crippen molar-refractivity contribution in [2.24, 2.45) is 5.92 Å². The zero-order chi connectivity index (χ0) is 17.5. The summed E-state index contributed by atoms with van der Waals surface area (Å²) < 4.78 is 11.5. The Morgan fingerprint density at radius 3 is 2.58 bits per heavy atom. The van der Waals surface area contributed by atoms with Crippen LogP contribution in [0.5, 0.6) is 5.75 Å². The molecule has 0 fully saturated rings. The SMILES string of the molecule is CC(C)CCOc1c[nH]c(COC(=O)c2ccc(Br)cc2)cc1=O. The van der Waals surface area contributed by atoms with Crippen LogP contribution in [0, 0.1) is 5.92 Å². The normalized spacial score (nSPS) is 10.7.